The maximum absolute atomic E-state index is 13.0. The summed E-state index contributed by atoms with van der Waals surface area (Å²) in [7, 11) is 1.69. The van der Waals surface area contributed by atoms with E-state index in [1.165, 1.54) is 6.07 Å². The Morgan fingerprint density at radius 3 is 2.89 bits per heavy atom. The van der Waals surface area contributed by atoms with Crippen LogP contribution in [0.25, 0.3) is 10.9 Å². The molecule has 0 spiro atoms. The molecule has 0 aliphatic heterocycles. The van der Waals surface area contributed by atoms with Crippen LogP contribution in [0.3, 0.4) is 0 Å². The van der Waals surface area contributed by atoms with Gasteiger partial charge in [0.1, 0.15) is 5.82 Å². The van der Waals surface area contributed by atoms with Crippen molar-refractivity contribution in [3.8, 4) is 0 Å². The Hall–Kier alpha value is -1.39. The van der Waals surface area contributed by atoms with Crippen LogP contribution in [0, 0.1) is 5.82 Å². The summed E-state index contributed by atoms with van der Waals surface area (Å²) in [6.07, 6.45) is 2.87. The molecule has 3 nitrogen and oxygen atoms in total. The van der Waals surface area contributed by atoms with E-state index < -0.39 is 0 Å². The third-order valence-corrected chi connectivity index (χ3v) is 2.85. The third-order valence-electron chi connectivity index (χ3n) is 2.85. The monoisotopic (exact) mass is 251 g/mol. The normalized spacial score (nSPS) is 11.2. The van der Waals surface area contributed by atoms with Crippen LogP contribution in [0.2, 0.25) is 0 Å². The molecule has 2 rings (SSSR count). The highest BCUT2D eigenvalue weighted by Crippen LogP contribution is 2.16. The lowest BCUT2D eigenvalue weighted by molar-refractivity contribution is 0.0982. The zero-order valence-corrected chi connectivity index (χ0v) is 10.6. The first kappa shape index (κ1) is 13.1. The number of halogens is 1. The van der Waals surface area contributed by atoms with Crippen molar-refractivity contribution in [2.24, 2.45) is 0 Å². The lowest BCUT2D eigenvalue weighted by Crippen LogP contribution is -2.07. The first-order valence-electron chi connectivity index (χ1n) is 6.12. The molecule has 0 fully saturated rings. The van der Waals surface area contributed by atoms with Gasteiger partial charge in [-0.2, -0.15) is 0 Å². The van der Waals surface area contributed by atoms with Gasteiger partial charge in [-0.3, -0.25) is 0 Å². The maximum Gasteiger partial charge on any atom is 0.123 e. The number of fused-ring (bicyclic) bond motifs is 1. The van der Waals surface area contributed by atoms with Crippen LogP contribution in [-0.4, -0.2) is 31.5 Å². The topological polar surface area (TPSA) is 23.4 Å². The van der Waals surface area contributed by atoms with Crippen molar-refractivity contribution in [1.82, 2.24) is 4.57 Å². The molecule has 1 aromatic carbocycles. The minimum atomic E-state index is -0.198. The second-order valence-corrected chi connectivity index (χ2v) is 4.17. The zero-order chi connectivity index (χ0) is 12.8. The quantitative estimate of drug-likeness (QED) is 0.706. The van der Waals surface area contributed by atoms with Crippen molar-refractivity contribution in [1.29, 1.82) is 0 Å². The molecule has 1 aromatic heterocycles. The molecule has 0 saturated heterocycles. The van der Waals surface area contributed by atoms with Gasteiger partial charge in [-0.25, -0.2) is 4.39 Å². The van der Waals surface area contributed by atoms with Gasteiger partial charge >= 0.3 is 0 Å². The van der Waals surface area contributed by atoms with E-state index in [-0.39, 0.29) is 5.82 Å². The van der Waals surface area contributed by atoms with Crippen molar-refractivity contribution >= 4 is 10.9 Å². The summed E-state index contributed by atoms with van der Waals surface area (Å²) in [5, 5.41) is 0.925. The number of methoxy groups -OCH3 is 1. The van der Waals surface area contributed by atoms with E-state index in [1.54, 1.807) is 19.2 Å². The Morgan fingerprint density at radius 2 is 2.06 bits per heavy atom. The van der Waals surface area contributed by atoms with Crippen molar-refractivity contribution in [3.05, 3.63) is 36.3 Å². The summed E-state index contributed by atoms with van der Waals surface area (Å²) in [5.41, 5.74) is 1.04. The standard InChI is InChI=1S/C14H18FNO2/c1-17-8-2-9-18-10-7-16-6-5-12-11-13(15)3-4-14(12)16/h3-6,11H,2,7-10H2,1H3. The van der Waals surface area contributed by atoms with Crippen LogP contribution >= 0.6 is 0 Å². The first-order valence-corrected chi connectivity index (χ1v) is 6.12. The molecule has 0 saturated carbocycles. The number of benzene rings is 1. The average Bonchev–Trinajstić information content (AvgIpc) is 2.76. The molecule has 0 amide bonds. The highest BCUT2D eigenvalue weighted by Gasteiger charge is 2.01. The minimum absolute atomic E-state index is 0.198. The van der Waals surface area contributed by atoms with Crippen molar-refractivity contribution in [2.45, 2.75) is 13.0 Å². The molecule has 1 heterocycles. The number of hydrogen-bond donors (Lipinski definition) is 0. The Morgan fingerprint density at radius 1 is 1.17 bits per heavy atom. The number of aromatic nitrogens is 1. The molecular weight excluding hydrogens is 233 g/mol. The highest BCUT2D eigenvalue weighted by molar-refractivity contribution is 5.80. The van der Waals surface area contributed by atoms with E-state index in [9.17, 15) is 4.39 Å². The molecule has 0 radical (unpaired) electrons. The Kier molecular flexibility index (Phi) is 4.73. The second-order valence-electron chi connectivity index (χ2n) is 4.17. The molecule has 0 atom stereocenters. The van der Waals surface area contributed by atoms with E-state index in [4.69, 9.17) is 9.47 Å². The summed E-state index contributed by atoms with van der Waals surface area (Å²) in [6, 6.07) is 6.75. The van der Waals surface area contributed by atoms with Crippen LogP contribution < -0.4 is 0 Å². The van der Waals surface area contributed by atoms with Crippen molar-refractivity contribution in [3.63, 3.8) is 0 Å². The van der Waals surface area contributed by atoms with Crippen LogP contribution in [0.15, 0.2) is 30.5 Å². The predicted octanol–water partition coefficient (Wildman–Crippen LogP) is 2.83. The number of hydrogen-bond acceptors (Lipinski definition) is 2. The van der Waals surface area contributed by atoms with Gasteiger partial charge in [0.15, 0.2) is 0 Å². The van der Waals surface area contributed by atoms with Gasteiger partial charge < -0.3 is 14.0 Å². The van der Waals surface area contributed by atoms with Gasteiger partial charge in [-0.15, -0.1) is 0 Å². The molecule has 0 unspecified atom stereocenters. The van der Waals surface area contributed by atoms with Crippen LogP contribution in [-0.2, 0) is 16.0 Å². The molecule has 2 aromatic rings. The van der Waals surface area contributed by atoms with E-state index in [0.717, 1.165) is 30.5 Å². The molecule has 0 aliphatic rings. The molecule has 0 aliphatic carbocycles. The maximum atomic E-state index is 13.0. The fourth-order valence-corrected chi connectivity index (χ4v) is 1.94. The van der Waals surface area contributed by atoms with E-state index in [2.05, 4.69) is 4.57 Å². The van der Waals surface area contributed by atoms with Crippen LogP contribution in [0.1, 0.15) is 6.42 Å². The number of ether oxygens (including phenoxy) is 2. The van der Waals surface area contributed by atoms with Gasteiger partial charge in [-0.05, 0) is 30.7 Å². The lowest BCUT2D eigenvalue weighted by atomic mass is 10.2. The molecule has 4 heteroatoms. The first-order chi connectivity index (χ1) is 8.81. The summed E-state index contributed by atoms with van der Waals surface area (Å²) in [5.74, 6) is -0.198. The van der Waals surface area contributed by atoms with Crippen LogP contribution in [0.5, 0.6) is 0 Å². The molecule has 18 heavy (non-hydrogen) atoms. The van der Waals surface area contributed by atoms with Crippen molar-refractivity contribution in [2.75, 3.05) is 26.9 Å². The summed E-state index contributed by atoms with van der Waals surface area (Å²) in [4.78, 5) is 0. The Bertz CT molecular complexity index is 495. The van der Waals surface area contributed by atoms with Gasteiger partial charge in [-0.1, -0.05) is 0 Å². The molecule has 0 N–H and O–H groups in total. The van der Waals surface area contributed by atoms with E-state index >= 15 is 0 Å². The van der Waals surface area contributed by atoms with Gasteiger partial charge in [0.25, 0.3) is 0 Å². The van der Waals surface area contributed by atoms with Gasteiger partial charge in [0, 0.05) is 44.0 Å². The third kappa shape index (κ3) is 3.31. The van der Waals surface area contributed by atoms with Crippen molar-refractivity contribution < 1.29 is 13.9 Å². The SMILES string of the molecule is COCCCOCCn1ccc2cc(F)ccc21. The molecule has 98 valence electrons. The predicted molar refractivity (Wildman–Crippen MR) is 69.2 cm³/mol. The van der Waals surface area contributed by atoms with Gasteiger partial charge in [0.2, 0.25) is 0 Å². The summed E-state index contributed by atoms with van der Waals surface area (Å²) in [6.45, 7) is 2.88. The Balaban J connectivity index is 1.84. The Labute approximate surface area is 106 Å². The minimum Gasteiger partial charge on any atom is -0.385 e. The lowest BCUT2D eigenvalue weighted by Gasteiger charge is -2.06. The summed E-state index contributed by atoms with van der Waals surface area (Å²) < 4.78 is 25.5. The second kappa shape index (κ2) is 6.52. The smallest absolute Gasteiger partial charge is 0.123 e. The zero-order valence-electron chi connectivity index (χ0n) is 10.6. The van der Waals surface area contributed by atoms with Gasteiger partial charge in [0.05, 0.1) is 6.61 Å². The van der Waals surface area contributed by atoms with E-state index in [1.807, 2.05) is 12.3 Å². The highest BCUT2D eigenvalue weighted by atomic mass is 19.1. The van der Waals surface area contributed by atoms with E-state index in [0.29, 0.717) is 13.2 Å². The number of rotatable bonds is 7. The summed E-state index contributed by atoms with van der Waals surface area (Å²) >= 11 is 0. The average molecular weight is 251 g/mol. The molecule has 0 bridgehead atoms. The fourth-order valence-electron chi connectivity index (χ4n) is 1.94. The van der Waals surface area contributed by atoms with Crippen LogP contribution in [0.4, 0.5) is 4.39 Å². The number of nitrogens with zero attached hydrogens (tertiary/aromatic N) is 1. The fraction of sp³-hybridized carbons (Fsp3) is 0.429. The largest absolute Gasteiger partial charge is 0.385 e. The molecular formula is C14H18FNO2.